The van der Waals surface area contributed by atoms with Crippen molar-refractivity contribution in [2.45, 2.75) is 46.7 Å². The number of esters is 1. The number of halogens is 1. The number of rotatable bonds is 6. The van der Waals surface area contributed by atoms with E-state index in [0.717, 1.165) is 0 Å². The molecule has 0 saturated carbocycles. The topological polar surface area (TPSA) is 111 Å². The predicted molar refractivity (Wildman–Crippen MR) is 103 cm³/mol. The Kier molecular flexibility index (Phi) is 9.31. The SMILES string of the molecule is CCOC(=O)C(C)NC(=O)c1ccc(NC(=O)[C@@H](N)C(C)(C)C)cc1.Cl. The molecule has 1 aromatic carbocycles. The van der Waals surface area contributed by atoms with Crippen LogP contribution in [0.2, 0.25) is 0 Å². The van der Waals surface area contributed by atoms with Gasteiger partial charge in [-0.15, -0.1) is 12.4 Å². The second kappa shape index (κ2) is 10.1. The molecule has 0 fully saturated rings. The van der Waals surface area contributed by atoms with Crippen molar-refractivity contribution in [2.24, 2.45) is 11.1 Å². The molecule has 0 aromatic heterocycles. The number of amides is 2. The number of hydrogen-bond acceptors (Lipinski definition) is 5. The van der Waals surface area contributed by atoms with Gasteiger partial charge in [0.1, 0.15) is 6.04 Å². The van der Waals surface area contributed by atoms with Gasteiger partial charge in [0.05, 0.1) is 12.6 Å². The third kappa shape index (κ3) is 7.01. The van der Waals surface area contributed by atoms with Gasteiger partial charge in [-0.2, -0.15) is 0 Å². The lowest BCUT2D eigenvalue weighted by Gasteiger charge is -2.25. The van der Waals surface area contributed by atoms with Gasteiger partial charge in [0, 0.05) is 11.3 Å². The van der Waals surface area contributed by atoms with Crippen molar-refractivity contribution in [3.05, 3.63) is 29.8 Å². The molecule has 4 N–H and O–H groups in total. The van der Waals surface area contributed by atoms with Crippen molar-refractivity contribution in [1.82, 2.24) is 5.32 Å². The molecule has 8 heteroatoms. The highest BCUT2D eigenvalue weighted by Gasteiger charge is 2.27. The van der Waals surface area contributed by atoms with Gasteiger partial charge in [-0.3, -0.25) is 9.59 Å². The van der Waals surface area contributed by atoms with Crippen LogP contribution in [0, 0.1) is 5.41 Å². The predicted octanol–water partition coefficient (Wildman–Crippen LogP) is 2.10. The van der Waals surface area contributed by atoms with E-state index >= 15 is 0 Å². The van der Waals surface area contributed by atoms with Gasteiger partial charge in [-0.25, -0.2) is 4.79 Å². The summed E-state index contributed by atoms with van der Waals surface area (Å²) in [6, 6.07) is 4.95. The van der Waals surface area contributed by atoms with E-state index in [1.54, 1.807) is 38.1 Å². The van der Waals surface area contributed by atoms with Gasteiger partial charge >= 0.3 is 5.97 Å². The van der Waals surface area contributed by atoms with Crippen LogP contribution in [-0.4, -0.2) is 36.5 Å². The number of nitrogens with two attached hydrogens (primary N) is 1. The van der Waals surface area contributed by atoms with E-state index in [0.29, 0.717) is 11.3 Å². The smallest absolute Gasteiger partial charge is 0.328 e. The van der Waals surface area contributed by atoms with Crippen molar-refractivity contribution in [3.8, 4) is 0 Å². The van der Waals surface area contributed by atoms with Crippen LogP contribution in [0.4, 0.5) is 5.69 Å². The molecule has 0 bridgehead atoms. The summed E-state index contributed by atoms with van der Waals surface area (Å²) < 4.78 is 4.84. The first-order chi connectivity index (χ1) is 11.6. The normalized spacial score (nSPS) is 13.0. The van der Waals surface area contributed by atoms with Gasteiger partial charge in [0.2, 0.25) is 5.91 Å². The maximum absolute atomic E-state index is 12.1. The quantitative estimate of drug-likeness (QED) is 0.649. The highest BCUT2D eigenvalue weighted by molar-refractivity contribution is 5.98. The average Bonchev–Trinajstić information content (AvgIpc) is 2.53. The summed E-state index contributed by atoms with van der Waals surface area (Å²) in [5.41, 5.74) is 6.47. The zero-order valence-electron chi connectivity index (χ0n) is 15.8. The number of benzene rings is 1. The number of anilines is 1. The van der Waals surface area contributed by atoms with E-state index < -0.39 is 24.0 Å². The van der Waals surface area contributed by atoms with Crippen LogP contribution in [0.15, 0.2) is 24.3 Å². The fourth-order valence-corrected chi connectivity index (χ4v) is 1.92. The summed E-state index contributed by atoms with van der Waals surface area (Å²) >= 11 is 0. The van der Waals surface area contributed by atoms with Crippen LogP contribution >= 0.6 is 12.4 Å². The fraction of sp³-hybridized carbons (Fsp3) is 0.500. The zero-order valence-corrected chi connectivity index (χ0v) is 16.6. The maximum atomic E-state index is 12.1. The Morgan fingerprint density at radius 3 is 2.15 bits per heavy atom. The molecule has 2 amide bonds. The van der Waals surface area contributed by atoms with Crippen LogP contribution in [0.5, 0.6) is 0 Å². The van der Waals surface area contributed by atoms with E-state index in [4.69, 9.17) is 10.5 Å². The molecule has 1 aromatic rings. The second-order valence-corrected chi connectivity index (χ2v) is 6.86. The van der Waals surface area contributed by atoms with E-state index in [9.17, 15) is 14.4 Å². The molecule has 0 spiro atoms. The Labute approximate surface area is 160 Å². The molecule has 146 valence electrons. The minimum atomic E-state index is -0.739. The third-order valence-corrected chi connectivity index (χ3v) is 3.62. The van der Waals surface area contributed by atoms with E-state index in [-0.39, 0.29) is 30.3 Å². The van der Waals surface area contributed by atoms with Crippen molar-refractivity contribution in [2.75, 3.05) is 11.9 Å². The zero-order chi connectivity index (χ0) is 19.2. The first kappa shape index (κ1) is 23.9. The monoisotopic (exact) mass is 385 g/mol. The highest BCUT2D eigenvalue weighted by Crippen LogP contribution is 2.19. The van der Waals surface area contributed by atoms with Crippen LogP contribution in [-0.2, 0) is 14.3 Å². The Morgan fingerprint density at radius 2 is 1.69 bits per heavy atom. The maximum Gasteiger partial charge on any atom is 0.328 e. The molecule has 1 rings (SSSR count). The largest absolute Gasteiger partial charge is 0.464 e. The molecular formula is C18H28ClN3O4. The molecular weight excluding hydrogens is 358 g/mol. The van der Waals surface area contributed by atoms with Crippen molar-refractivity contribution in [1.29, 1.82) is 0 Å². The number of nitrogens with one attached hydrogen (secondary N) is 2. The number of carbonyl (C=O) groups is 3. The van der Waals surface area contributed by atoms with Gasteiger partial charge < -0.3 is 21.1 Å². The van der Waals surface area contributed by atoms with Crippen molar-refractivity contribution >= 4 is 35.9 Å². The highest BCUT2D eigenvalue weighted by atomic mass is 35.5. The summed E-state index contributed by atoms with van der Waals surface area (Å²) in [5.74, 6) is -1.18. The minimum absolute atomic E-state index is 0. The molecule has 1 unspecified atom stereocenters. The standard InChI is InChI=1S/C18H27N3O4.ClH/c1-6-25-17(24)11(2)20-15(22)12-7-9-13(10-8-12)21-16(23)14(19)18(3,4)5;/h7-11,14H,6,19H2,1-5H3,(H,20,22)(H,21,23);1H/t11?,14-;/m1./s1. The fourth-order valence-electron chi connectivity index (χ4n) is 1.92. The molecule has 0 radical (unpaired) electrons. The molecule has 2 atom stereocenters. The summed E-state index contributed by atoms with van der Waals surface area (Å²) in [4.78, 5) is 35.7. The molecule has 0 aliphatic carbocycles. The lowest BCUT2D eigenvalue weighted by Crippen LogP contribution is -2.45. The Hall–Kier alpha value is -2.12. The van der Waals surface area contributed by atoms with Gasteiger partial charge in [0.25, 0.3) is 5.91 Å². The van der Waals surface area contributed by atoms with Crippen LogP contribution in [0.1, 0.15) is 45.0 Å². The average molecular weight is 386 g/mol. The molecule has 7 nitrogen and oxygen atoms in total. The number of ether oxygens (including phenoxy) is 1. The van der Waals surface area contributed by atoms with Gasteiger partial charge in [0.15, 0.2) is 0 Å². The summed E-state index contributed by atoms with van der Waals surface area (Å²) in [6.07, 6.45) is 0. The van der Waals surface area contributed by atoms with Crippen LogP contribution in [0.3, 0.4) is 0 Å². The lowest BCUT2D eigenvalue weighted by atomic mass is 9.87. The Morgan fingerprint density at radius 1 is 1.15 bits per heavy atom. The van der Waals surface area contributed by atoms with Gasteiger partial charge in [-0.05, 0) is 43.5 Å². The number of hydrogen-bond donors (Lipinski definition) is 3. The van der Waals surface area contributed by atoms with Gasteiger partial charge in [-0.1, -0.05) is 20.8 Å². The van der Waals surface area contributed by atoms with Crippen LogP contribution in [0.25, 0.3) is 0 Å². The minimum Gasteiger partial charge on any atom is -0.464 e. The Balaban J connectivity index is 0.00000625. The second-order valence-electron chi connectivity index (χ2n) is 6.86. The first-order valence-electron chi connectivity index (χ1n) is 8.20. The lowest BCUT2D eigenvalue weighted by molar-refractivity contribution is -0.144. The first-order valence-corrected chi connectivity index (χ1v) is 8.20. The van der Waals surface area contributed by atoms with E-state index in [1.807, 2.05) is 20.8 Å². The summed E-state index contributed by atoms with van der Waals surface area (Å²) in [6.45, 7) is 9.16. The molecule has 0 heterocycles. The van der Waals surface area contributed by atoms with Crippen molar-refractivity contribution < 1.29 is 19.1 Å². The van der Waals surface area contributed by atoms with Crippen molar-refractivity contribution in [3.63, 3.8) is 0 Å². The third-order valence-electron chi connectivity index (χ3n) is 3.62. The molecule has 0 aliphatic heterocycles. The summed E-state index contributed by atoms with van der Waals surface area (Å²) in [5, 5.41) is 5.28. The van der Waals surface area contributed by atoms with E-state index in [2.05, 4.69) is 10.6 Å². The van der Waals surface area contributed by atoms with Crippen LogP contribution < -0.4 is 16.4 Å². The molecule has 0 saturated heterocycles. The molecule has 26 heavy (non-hydrogen) atoms. The summed E-state index contributed by atoms with van der Waals surface area (Å²) in [7, 11) is 0. The molecule has 0 aliphatic rings. The Bertz CT molecular complexity index is 626. The van der Waals surface area contributed by atoms with E-state index in [1.165, 1.54) is 0 Å². The number of carbonyl (C=O) groups excluding carboxylic acids is 3.